The summed E-state index contributed by atoms with van der Waals surface area (Å²) in [6, 6.07) is 0. The van der Waals surface area contributed by atoms with E-state index in [2.05, 4.69) is 6.92 Å². The molecule has 0 aliphatic carbocycles. The van der Waals surface area contributed by atoms with E-state index in [4.69, 9.17) is 0 Å². The van der Waals surface area contributed by atoms with Crippen LogP contribution in [0, 0.1) is 0 Å². The molecule has 1 saturated heterocycles. The lowest BCUT2D eigenvalue weighted by molar-refractivity contribution is -0.118. The van der Waals surface area contributed by atoms with Crippen molar-refractivity contribution in [2.45, 2.75) is 30.8 Å². The summed E-state index contributed by atoms with van der Waals surface area (Å²) in [5.74, 6) is 0.409. The maximum Gasteiger partial charge on any atom is 0.147 e. The van der Waals surface area contributed by atoms with Crippen molar-refractivity contribution in [2.75, 3.05) is 0 Å². The molecule has 1 rings (SSSR count). The van der Waals surface area contributed by atoms with Gasteiger partial charge in [-0.25, -0.2) is 0 Å². The van der Waals surface area contributed by atoms with Gasteiger partial charge in [-0.15, -0.1) is 0 Å². The summed E-state index contributed by atoms with van der Waals surface area (Å²) in [6.07, 6.45) is 0.763. The molecule has 0 spiro atoms. The molecule has 1 nitrogen and oxygen atoms in total. The smallest absolute Gasteiger partial charge is 0.147 e. The van der Waals surface area contributed by atoms with Gasteiger partial charge in [0.2, 0.25) is 0 Å². The standard InChI is InChI=1S/C6H10OS2/c1-4-3-6(7)5(2)9-8-4/h4-5H,3H2,1-2H3/t4-,5+/m0/s1. The molecule has 0 saturated carbocycles. The summed E-state index contributed by atoms with van der Waals surface area (Å²) in [6.45, 7) is 4.08. The van der Waals surface area contributed by atoms with Crippen LogP contribution in [0.1, 0.15) is 20.3 Å². The zero-order valence-corrected chi connectivity index (χ0v) is 7.22. The largest absolute Gasteiger partial charge is 0.298 e. The first-order valence-electron chi connectivity index (χ1n) is 3.05. The lowest BCUT2D eigenvalue weighted by Crippen LogP contribution is -2.20. The average molecular weight is 162 g/mol. The zero-order valence-electron chi connectivity index (χ0n) is 5.59. The second-order valence-corrected chi connectivity index (χ2v) is 5.37. The number of carbonyl (C=O) groups excluding carboxylic acids is 1. The van der Waals surface area contributed by atoms with Gasteiger partial charge in [-0.05, 0) is 6.92 Å². The Morgan fingerprint density at radius 3 is 2.56 bits per heavy atom. The molecule has 0 unspecified atom stereocenters. The number of rotatable bonds is 0. The molecule has 0 aromatic rings. The molecular weight excluding hydrogens is 152 g/mol. The highest BCUT2D eigenvalue weighted by Gasteiger charge is 2.23. The van der Waals surface area contributed by atoms with E-state index >= 15 is 0 Å². The fraction of sp³-hybridized carbons (Fsp3) is 0.833. The Morgan fingerprint density at radius 2 is 2.11 bits per heavy atom. The number of ketones is 1. The molecule has 1 aliphatic rings. The van der Waals surface area contributed by atoms with Crippen LogP contribution in [-0.4, -0.2) is 16.3 Å². The molecular formula is C6H10OS2. The molecule has 0 aromatic carbocycles. The lowest BCUT2D eigenvalue weighted by Gasteiger charge is -2.19. The van der Waals surface area contributed by atoms with Crippen LogP contribution in [-0.2, 0) is 4.79 Å². The molecule has 0 aromatic heterocycles. The van der Waals surface area contributed by atoms with Crippen molar-refractivity contribution in [3.8, 4) is 0 Å². The first-order chi connectivity index (χ1) is 4.20. The van der Waals surface area contributed by atoms with Gasteiger partial charge in [0, 0.05) is 11.7 Å². The third-order valence-electron chi connectivity index (χ3n) is 1.31. The Morgan fingerprint density at radius 1 is 1.44 bits per heavy atom. The highest BCUT2D eigenvalue weighted by Crippen LogP contribution is 2.38. The summed E-state index contributed by atoms with van der Waals surface area (Å²) in [5, 5.41) is 0.755. The second kappa shape index (κ2) is 2.97. The van der Waals surface area contributed by atoms with Gasteiger partial charge >= 0.3 is 0 Å². The van der Waals surface area contributed by atoms with Gasteiger partial charge in [-0.2, -0.15) is 0 Å². The van der Waals surface area contributed by atoms with Crippen molar-refractivity contribution in [1.82, 2.24) is 0 Å². The van der Waals surface area contributed by atoms with Crippen molar-refractivity contribution < 1.29 is 4.79 Å². The van der Waals surface area contributed by atoms with E-state index in [0.717, 1.165) is 6.42 Å². The molecule has 0 amide bonds. The highest BCUT2D eigenvalue weighted by atomic mass is 33.1. The van der Waals surface area contributed by atoms with Crippen molar-refractivity contribution in [1.29, 1.82) is 0 Å². The van der Waals surface area contributed by atoms with E-state index in [0.29, 0.717) is 11.0 Å². The minimum atomic E-state index is 0.228. The third-order valence-corrected chi connectivity index (χ3v) is 4.65. The monoisotopic (exact) mass is 162 g/mol. The maximum atomic E-state index is 11.0. The normalized spacial score (nSPS) is 36.9. The molecule has 0 radical (unpaired) electrons. The van der Waals surface area contributed by atoms with Crippen molar-refractivity contribution in [3.05, 3.63) is 0 Å². The van der Waals surface area contributed by atoms with Crippen LogP contribution >= 0.6 is 21.6 Å². The van der Waals surface area contributed by atoms with Gasteiger partial charge in [0.1, 0.15) is 5.78 Å². The van der Waals surface area contributed by atoms with Gasteiger partial charge in [0.15, 0.2) is 0 Å². The quantitative estimate of drug-likeness (QED) is 0.508. The van der Waals surface area contributed by atoms with Crippen LogP contribution in [0.2, 0.25) is 0 Å². The summed E-state index contributed by atoms with van der Waals surface area (Å²) >= 11 is 0. The van der Waals surface area contributed by atoms with Crippen molar-refractivity contribution in [3.63, 3.8) is 0 Å². The second-order valence-electron chi connectivity index (χ2n) is 2.32. The molecule has 3 heteroatoms. The Balaban J connectivity index is 2.44. The number of carbonyl (C=O) groups is 1. The minimum absolute atomic E-state index is 0.228. The minimum Gasteiger partial charge on any atom is -0.298 e. The zero-order chi connectivity index (χ0) is 6.85. The Hall–Kier alpha value is 0.370. The van der Waals surface area contributed by atoms with E-state index in [1.807, 2.05) is 17.7 Å². The van der Waals surface area contributed by atoms with E-state index < -0.39 is 0 Å². The van der Waals surface area contributed by atoms with Crippen LogP contribution in [0.15, 0.2) is 0 Å². The SMILES string of the molecule is C[C@H]1CC(=O)[C@@H](C)SS1. The molecule has 2 atom stereocenters. The van der Waals surface area contributed by atoms with Crippen molar-refractivity contribution >= 4 is 27.4 Å². The lowest BCUT2D eigenvalue weighted by atomic mass is 10.2. The average Bonchev–Trinajstić information content (AvgIpc) is 1.80. The van der Waals surface area contributed by atoms with E-state index in [1.54, 1.807) is 10.8 Å². The summed E-state index contributed by atoms with van der Waals surface area (Å²) in [7, 11) is 3.53. The van der Waals surface area contributed by atoms with Gasteiger partial charge < -0.3 is 0 Å². The molecule has 9 heavy (non-hydrogen) atoms. The van der Waals surface area contributed by atoms with Crippen LogP contribution in [0.25, 0.3) is 0 Å². The van der Waals surface area contributed by atoms with Crippen LogP contribution in [0.5, 0.6) is 0 Å². The highest BCUT2D eigenvalue weighted by molar-refractivity contribution is 8.77. The molecule has 52 valence electrons. The molecule has 1 heterocycles. The predicted octanol–water partition coefficient (Wildman–Crippen LogP) is 2.12. The van der Waals surface area contributed by atoms with E-state index in [-0.39, 0.29) is 5.25 Å². The van der Waals surface area contributed by atoms with Crippen LogP contribution < -0.4 is 0 Å². The number of hydrogen-bond acceptors (Lipinski definition) is 3. The fourth-order valence-electron chi connectivity index (χ4n) is 0.715. The predicted molar refractivity (Wildman–Crippen MR) is 43.7 cm³/mol. The summed E-state index contributed by atoms with van der Waals surface area (Å²) in [4.78, 5) is 11.0. The topological polar surface area (TPSA) is 17.1 Å². The Kier molecular flexibility index (Phi) is 2.47. The molecule has 1 aliphatic heterocycles. The van der Waals surface area contributed by atoms with E-state index in [9.17, 15) is 4.79 Å². The molecule has 0 N–H and O–H groups in total. The maximum absolute atomic E-state index is 11.0. The third kappa shape index (κ3) is 1.90. The first-order valence-corrected chi connectivity index (χ1v) is 5.32. The van der Waals surface area contributed by atoms with Crippen LogP contribution in [0.4, 0.5) is 0 Å². The van der Waals surface area contributed by atoms with E-state index in [1.165, 1.54) is 0 Å². The number of hydrogen-bond donors (Lipinski definition) is 0. The Bertz CT molecular complexity index is 124. The molecule has 0 bridgehead atoms. The van der Waals surface area contributed by atoms with Crippen molar-refractivity contribution in [2.24, 2.45) is 0 Å². The van der Waals surface area contributed by atoms with Crippen LogP contribution in [0.3, 0.4) is 0 Å². The Labute approximate surface area is 63.4 Å². The van der Waals surface area contributed by atoms with Gasteiger partial charge in [0.05, 0.1) is 5.25 Å². The summed E-state index contributed by atoms with van der Waals surface area (Å²) in [5.41, 5.74) is 0. The van der Waals surface area contributed by atoms with Gasteiger partial charge in [-0.1, -0.05) is 28.5 Å². The number of Topliss-reactive ketones (excluding diaryl/α,β-unsaturated/α-hetero) is 1. The molecule has 1 fully saturated rings. The van der Waals surface area contributed by atoms with Gasteiger partial charge in [-0.3, -0.25) is 4.79 Å². The first kappa shape index (κ1) is 7.48. The summed E-state index contributed by atoms with van der Waals surface area (Å²) < 4.78 is 0. The van der Waals surface area contributed by atoms with Gasteiger partial charge in [0.25, 0.3) is 0 Å². The fourth-order valence-corrected chi connectivity index (χ4v) is 3.10.